The highest BCUT2D eigenvalue weighted by molar-refractivity contribution is 5.34. The van der Waals surface area contributed by atoms with Crippen LogP contribution >= 0.6 is 0 Å². The molecule has 0 heterocycles. The van der Waals surface area contributed by atoms with Crippen molar-refractivity contribution >= 4 is 0 Å². The van der Waals surface area contributed by atoms with E-state index in [9.17, 15) is 0 Å². The molecular formula is C25H30N2. The molecule has 2 aromatic carbocycles. The summed E-state index contributed by atoms with van der Waals surface area (Å²) in [6.45, 7) is -0.380. The Morgan fingerprint density at radius 1 is 1.00 bits per heavy atom. The summed E-state index contributed by atoms with van der Waals surface area (Å²) < 4.78 is 28.2. The fraction of sp³-hybridized carbons (Fsp3) is 0.360. The minimum absolute atomic E-state index is 0.0484. The zero-order valence-electron chi connectivity index (χ0n) is 19.8. The molecule has 0 bridgehead atoms. The summed E-state index contributed by atoms with van der Waals surface area (Å²) in [6.07, 6.45) is 12.6. The standard InChI is InChI=1S/C12H13N.C9H11N.C4H6/c1-2-9-13-12-8-7-10-5-3-4-6-11(10)12;10-9-6-5-7-3-1-2-4-8(7)9;1-3-4-2/h1,3-6,12-13H,7-9H2;1-4,9H,5-6,10H2;1H,4H2,2H3/t12-;9-;/m11./s1/i9D2;;4D2. The van der Waals surface area contributed by atoms with Crippen LogP contribution < -0.4 is 11.1 Å². The highest BCUT2D eigenvalue weighted by Gasteiger charge is 2.20. The fourth-order valence-electron chi connectivity index (χ4n) is 3.43. The first kappa shape index (κ1) is 15.5. The molecule has 0 fully saturated rings. The molecule has 0 unspecified atom stereocenters. The first-order valence-electron chi connectivity index (χ1n) is 11.2. The summed E-state index contributed by atoms with van der Waals surface area (Å²) in [5.41, 5.74) is 11.1. The average molecular weight is 363 g/mol. The molecule has 0 spiro atoms. The van der Waals surface area contributed by atoms with Gasteiger partial charge in [-0.2, -0.15) is 0 Å². The smallest absolute Gasteiger partial charge is 0.0578 e. The average Bonchev–Trinajstić information content (AvgIpc) is 3.32. The Balaban J connectivity index is 0.000000184. The van der Waals surface area contributed by atoms with Gasteiger partial charge in [0.05, 0.1) is 9.24 Å². The summed E-state index contributed by atoms with van der Waals surface area (Å²) in [5, 5.41) is 2.86. The van der Waals surface area contributed by atoms with Crippen LogP contribution in [0.2, 0.25) is 0 Å². The molecule has 2 aliphatic rings. The summed E-state index contributed by atoms with van der Waals surface area (Å²) >= 11 is 0. The zero-order valence-corrected chi connectivity index (χ0v) is 15.8. The minimum Gasteiger partial charge on any atom is -0.324 e. The van der Waals surface area contributed by atoms with Crippen LogP contribution in [0.4, 0.5) is 0 Å². The summed E-state index contributed by atoms with van der Waals surface area (Å²) in [5.74, 6) is 4.06. The van der Waals surface area contributed by atoms with Crippen molar-refractivity contribution in [2.45, 2.75) is 51.1 Å². The van der Waals surface area contributed by atoms with Crippen molar-refractivity contribution in [1.82, 2.24) is 5.32 Å². The Morgan fingerprint density at radius 3 is 2.15 bits per heavy atom. The van der Waals surface area contributed by atoms with Crippen LogP contribution in [-0.2, 0) is 12.8 Å². The molecule has 140 valence electrons. The molecule has 2 aromatic rings. The summed E-state index contributed by atoms with van der Waals surface area (Å²) in [4.78, 5) is 0. The van der Waals surface area contributed by atoms with Crippen molar-refractivity contribution in [1.29, 1.82) is 0 Å². The molecule has 2 aliphatic carbocycles. The summed E-state index contributed by atoms with van der Waals surface area (Å²) in [6, 6.07) is 16.9. The molecule has 0 amide bonds. The van der Waals surface area contributed by atoms with Gasteiger partial charge >= 0.3 is 0 Å². The number of fused-ring (bicyclic) bond motifs is 2. The van der Waals surface area contributed by atoms with Gasteiger partial charge in [0.25, 0.3) is 0 Å². The van der Waals surface area contributed by atoms with Crippen molar-refractivity contribution in [3.05, 3.63) is 70.8 Å². The predicted molar refractivity (Wildman–Crippen MR) is 115 cm³/mol. The van der Waals surface area contributed by atoms with E-state index in [0.29, 0.717) is 6.04 Å². The molecule has 0 aliphatic heterocycles. The lowest BCUT2D eigenvalue weighted by Crippen LogP contribution is -2.19. The van der Waals surface area contributed by atoms with Gasteiger partial charge < -0.3 is 5.73 Å². The number of rotatable bonds is 2. The van der Waals surface area contributed by atoms with Gasteiger partial charge in [0.2, 0.25) is 0 Å². The van der Waals surface area contributed by atoms with Crippen molar-refractivity contribution in [3.63, 3.8) is 0 Å². The molecule has 0 saturated heterocycles. The highest BCUT2D eigenvalue weighted by Crippen LogP contribution is 2.30. The lowest BCUT2D eigenvalue weighted by Gasteiger charge is -2.10. The van der Waals surface area contributed by atoms with Gasteiger partial charge in [0.1, 0.15) is 0 Å². The van der Waals surface area contributed by atoms with Crippen molar-refractivity contribution in [2.75, 3.05) is 6.50 Å². The van der Waals surface area contributed by atoms with Gasteiger partial charge in [0.15, 0.2) is 0 Å². The van der Waals surface area contributed by atoms with Crippen LogP contribution in [0.25, 0.3) is 0 Å². The molecule has 3 N–H and O–H groups in total. The van der Waals surface area contributed by atoms with Gasteiger partial charge in [0, 0.05) is 21.2 Å². The van der Waals surface area contributed by atoms with E-state index in [1.165, 1.54) is 29.2 Å². The molecular weight excluding hydrogens is 328 g/mol. The van der Waals surface area contributed by atoms with Gasteiger partial charge in [-0.3, -0.25) is 5.32 Å². The Kier molecular flexibility index (Phi) is 6.47. The molecule has 2 heteroatoms. The number of aryl methyl sites for hydroxylation is 2. The van der Waals surface area contributed by atoms with Gasteiger partial charge in [-0.15, -0.1) is 18.8 Å². The topological polar surface area (TPSA) is 38.0 Å². The molecule has 4 rings (SSSR count). The monoisotopic (exact) mass is 362 g/mol. The van der Waals surface area contributed by atoms with E-state index in [1.54, 1.807) is 0 Å². The van der Waals surface area contributed by atoms with Crippen LogP contribution in [-0.4, -0.2) is 6.50 Å². The van der Waals surface area contributed by atoms with Crippen LogP contribution in [0.5, 0.6) is 0 Å². The SMILES string of the molecule is N[C@@H]1CCc2ccccc21.[2H]C([2H])(C#C)N[C@@H]1CCc2ccccc21.[2H]C([2H])(C)C#C. The fourth-order valence-corrected chi connectivity index (χ4v) is 3.43. The Hall–Kier alpha value is -2.52. The normalized spacial score (nSPS) is 21.8. The quantitative estimate of drug-likeness (QED) is 0.769. The Morgan fingerprint density at radius 2 is 1.56 bits per heavy atom. The molecule has 2 nitrogen and oxygen atoms in total. The van der Waals surface area contributed by atoms with Crippen LogP contribution in [0.1, 0.15) is 66.0 Å². The lowest BCUT2D eigenvalue weighted by molar-refractivity contribution is 0.568. The Bertz CT molecular complexity index is 951. The van der Waals surface area contributed by atoms with E-state index in [0.717, 1.165) is 25.7 Å². The first-order chi connectivity index (χ1) is 14.6. The predicted octanol–water partition coefficient (Wildman–Crippen LogP) is 4.56. The van der Waals surface area contributed by atoms with E-state index < -0.39 is 12.9 Å². The van der Waals surface area contributed by atoms with Crippen LogP contribution in [0.3, 0.4) is 0 Å². The molecule has 0 radical (unpaired) electrons. The van der Waals surface area contributed by atoms with Gasteiger partial charge in [-0.1, -0.05) is 61.4 Å². The molecule has 27 heavy (non-hydrogen) atoms. The van der Waals surface area contributed by atoms with E-state index in [1.807, 2.05) is 24.1 Å². The summed E-state index contributed by atoms with van der Waals surface area (Å²) in [7, 11) is 0. The molecule has 0 aromatic heterocycles. The number of nitrogens with one attached hydrogen (secondary N) is 1. The maximum absolute atomic E-state index is 7.50. The second-order valence-corrected chi connectivity index (χ2v) is 6.44. The number of benzene rings is 2. The molecule has 2 atom stereocenters. The van der Waals surface area contributed by atoms with Gasteiger partial charge in [-0.25, -0.2) is 0 Å². The van der Waals surface area contributed by atoms with Crippen molar-refractivity contribution < 1.29 is 5.48 Å². The maximum atomic E-state index is 7.50. The van der Waals surface area contributed by atoms with E-state index in [2.05, 4.69) is 48.0 Å². The van der Waals surface area contributed by atoms with E-state index in [-0.39, 0.29) is 6.04 Å². The molecule has 0 saturated carbocycles. The van der Waals surface area contributed by atoms with Crippen LogP contribution in [0, 0.1) is 24.7 Å². The number of nitrogens with two attached hydrogens (primary N) is 1. The second-order valence-electron chi connectivity index (χ2n) is 6.44. The van der Waals surface area contributed by atoms with E-state index in [4.69, 9.17) is 17.6 Å². The first-order valence-corrected chi connectivity index (χ1v) is 9.21. The Labute approximate surface area is 170 Å². The largest absolute Gasteiger partial charge is 0.324 e. The zero-order chi connectivity index (χ0) is 23.1. The van der Waals surface area contributed by atoms with E-state index >= 15 is 0 Å². The number of hydrogen-bond acceptors (Lipinski definition) is 2. The third kappa shape index (κ3) is 6.00. The third-order valence-electron chi connectivity index (χ3n) is 4.78. The third-order valence-corrected chi connectivity index (χ3v) is 4.78. The number of hydrogen-bond donors (Lipinski definition) is 2. The highest BCUT2D eigenvalue weighted by atomic mass is 14.9. The van der Waals surface area contributed by atoms with Crippen molar-refractivity contribution in [3.8, 4) is 24.7 Å². The van der Waals surface area contributed by atoms with Gasteiger partial charge in [-0.05, 0) is 47.9 Å². The second kappa shape index (κ2) is 11.2. The van der Waals surface area contributed by atoms with Crippen LogP contribution in [0.15, 0.2) is 48.5 Å². The minimum atomic E-state index is -1.72. The van der Waals surface area contributed by atoms with Crippen molar-refractivity contribution in [2.24, 2.45) is 5.73 Å². The number of terminal acetylenes is 2. The lowest BCUT2D eigenvalue weighted by atomic mass is 10.1. The maximum Gasteiger partial charge on any atom is 0.0578 e.